The van der Waals surface area contributed by atoms with Crippen LogP contribution in [0.2, 0.25) is 0 Å². The molecule has 1 unspecified atom stereocenters. The van der Waals surface area contributed by atoms with E-state index in [1.807, 2.05) is 18.2 Å². The molecule has 27 heavy (non-hydrogen) atoms. The Morgan fingerprint density at radius 1 is 1.07 bits per heavy atom. The van der Waals surface area contributed by atoms with E-state index in [-0.39, 0.29) is 17.4 Å². The van der Waals surface area contributed by atoms with E-state index >= 15 is 0 Å². The lowest BCUT2D eigenvalue weighted by molar-refractivity contribution is 0.102. The van der Waals surface area contributed by atoms with Crippen molar-refractivity contribution in [1.82, 2.24) is 10.2 Å². The zero-order valence-electron chi connectivity index (χ0n) is 14.5. The molecular weight excluding hydrogens is 350 g/mol. The molecule has 1 aromatic heterocycles. The van der Waals surface area contributed by atoms with Gasteiger partial charge in [-0.15, -0.1) is 10.2 Å². The number of nitrogens with one attached hydrogen (secondary N) is 1. The first-order valence-corrected chi connectivity index (χ1v) is 8.50. The van der Waals surface area contributed by atoms with Gasteiger partial charge >= 0.3 is 0 Å². The molecule has 3 aromatic rings. The number of carbonyl (C=O) groups is 1. The van der Waals surface area contributed by atoms with Crippen LogP contribution in [0.25, 0.3) is 0 Å². The van der Waals surface area contributed by atoms with Gasteiger partial charge in [-0.25, -0.2) is 8.78 Å². The summed E-state index contributed by atoms with van der Waals surface area (Å²) in [6.45, 7) is 2.11. The summed E-state index contributed by atoms with van der Waals surface area (Å²) in [5.74, 6) is -1.76. The van der Waals surface area contributed by atoms with Crippen LogP contribution in [0.3, 0.4) is 0 Å². The number of rotatable bonds is 3. The smallest absolute Gasteiger partial charge is 0.256 e. The summed E-state index contributed by atoms with van der Waals surface area (Å²) >= 11 is 0. The number of nitrogens with zero attached hydrogens (tertiary/aromatic N) is 3. The highest BCUT2D eigenvalue weighted by Crippen LogP contribution is 2.36. The van der Waals surface area contributed by atoms with Crippen LogP contribution in [0, 0.1) is 11.6 Å². The van der Waals surface area contributed by atoms with Crippen LogP contribution in [0.4, 0.5) is 26.1 Å². The molecule has 2 heterocycles. The molecule has 0 aliphatic carbocycles. The van der Waals surface area contributed by atoms with Gasteiger partial charge in [-0.3, -0.25) is 4.79 Å². The number of benzene rings is 2. The second kappa shape index (κ2) is 6.75. The van der Waals surface area contributed by atoms with E-state index in [4.69, 9.17) is 0 Å². The number of amides is 1. The average molecular weight is 366 g/mol. The molecule has 7 heteroatoms. The predicted octanol–water partition coefficient (Wildman–Crippen LogP) is 4.09. The van der Waals surface area contributed by atoms with Crippen LogP contribution in [-0.2, 0) is 6.42 Å². The highest BCUT2D eigenvalue weighted by Gasteiger charge is 2.27. The van der Waals surface area contributed by atoms with E-state index in [9.17, 15) is 13.6 Å². The van der Waals surface area contributed by atoms with Crippen LogP contribution in [0.15, 0.2) is 54.6 Å². The lowest BCUT2D eigenvalue weighted by Crippen LogP contribution is -2.25. The molecule has 0 bridgehead atoms. The van der Waals surface area contributed by atoms with Crippen molar-refractivity contribution in [2.75, 3.05) is 10.2 Å². The zero-order valence-corrected chi connectivity index (χ0v) is 14.5. The summed E-state index contributed by atoms with van der Waals surface area (Å²) in [6.07, 6.45) is 0.923. The normalized spacial score (nSPS) is 15.5. The highest BCUT2D eigenvalue weighted by atomic mass is 19.2. The molecule has 1 aliphatic heterocycles. The molecule has 4 rings (SSSR count). The first-order chi connectivity index (χ1) is 13.0. The summed E-state index contributed by atoms with van der Waals surface area (Å²) in [5, 5.41) is 10.8. The van der Waals surface area contributed by atoms with Gasteiger partial charge < -0.3 is 10.2 Å². The minimum absolute atomic E-state index is 0.00173. The second-order valence-corrected chi connectivity index (χ2v) is 6.41. The summed E-state index contributed by atoms with van der Waals surface area (Å²) in [5.41, 5.74) is 2.35. The van der Waals surface area contributed by atoms with E-state index in [0.29, 0.717) is 5.82 Å². The van der Waals surface area contributed by atoms with Gasteiger partial charge in [0.15, 0.2) is 23.3 Å². The lowest BCUT2D eigenvalue weighted by atomic mass is 10.1. The van der Waals surface area contributed by atoms with Gasteiger partial charge in [0.25, 0.3) is 5.91 Å². The zero-order chi connectivity index (χ0) is 19.0. The van der Waals surface area contributed by atoms with Crippen molar-refractivity contribution >= 4 is 23.2 Å². The molecule has 0 spiro atoms. The predicted molar refractivity (Wildman–Crippen MR) is 98.1 cm³/mol. The number of aromatic nitrogens is 2. The van der Waals surface area contributed by atoms with Gasteiger partial charge in [-0.05, 0) is 55.3 Å². The molecule has 1 atom stereocenters. The molecule has 136 valence electrons. The number of anilines is 3. The summed E-state index contributed by atoms with van der Waals surface area (Å²) in [7, 11) is 0. The fourth-order valence-electron chi connectivity index (χ4n) is 3.26. The summed E-state index contributed by atoms with van der Waals surface area (Å²) < 4.78 is 26.3. The summed E-state index contributed by atoms with van der Waals surface area (Å²) in [4.78, 5) is 14.3. The third-order valence-corrected chi connectivity index (χ3v) is 4.53. The van der Waals surface area contributed by atoms with Crippen LogP contribution in [0.5, 0.6) is 0 Å². The molecule has 0 radical (unpaired) electrons. The van der Waals surface area contributed by atoms with Gasteiger partial charge in [-0.1, -0.05) is 18.2 Å². The Labute approximate surface area is 154 Å². The molecule has 2 aromatic carbocycles. The van der Waals surface area contributed by atoms with Crippen molar-refractivity contribution in [2.45, 2.75) is 19.4 Å². The van der Waals surface area contributed by atoms with Gasteiger partial charge in [-0.2, -0.15) is 0 Å². The topological polar surface area (TPSA) is 58.1 Å². The maximum atomic E-state index is 13.3. The van der Waals surface area contributed by atoms with E-state index in [1.165, 1.54) is 11.6 Å². The van der Waals surface area contributed by atoms with Gasteiger partial charge in [0.05, 0.1) is 0 Å². The number of hydrogen-bond acceptors (Lipinski definition) is 4. The van der Waals surface area contributed by atoms with Crippen molar-refractivity contribution in [3.8, 4) is 0 Å². The van der Waals surface area contributed by atoms with E-state index in [2.05, 4.69) is 33.4 Å². The van der Waals surface area contributed by atoms with Crippen LogP contribution < -0.4 is 10.2 Å². The van der Waals surface area contributed by atoms with Crippen molar-refractivity contribution in [3.05, 3.63) is 77.4 Å². The van der Waals surface area contributed by atoms with E-state index < -0.39 is 17.5 Å². The van der Waals surface area contributed by atoms with Crippen LogP contribution in [0.1, 0.15) is 22.8 Å². The minimum Gasteiger partial charge on any atom is -0.321 e. The van der Waals surface area contributed by atoms with Crippen molar-refractivity contribution in [2.24, 2.45) is 0 Å². The highest BCUT2D eigenvalue weighted by molar-refractivity contribution is 6.03. The van der Waals surface area contributed by atoms with Crippen molar-refractivity contribution in [3.63, 3.8) is 0 Å². The maximum Gasteiger partial charge on any atom is 0.256 e. The molecule has 1 amide bonds. The standard InChI is InChI=1S/C20H16F2N4O/c1-12-10-13-4-2-3-5-17(13)26(12)19-9-8-18(24-25-19)23-20(27)14-6-7-15(21)16(22)11-14/h2-9,11-12H,10H2,1H3,(H,23,24,27). The number of carbonyl (C=O) groups excluding carboxylic acids is 1. The minimum atomic E-state index is -1.08. The quantitative estimate of drug-likeness (QED) is 0.759. The third-order valence-electron chi connectivity index (χ3n) is 4.53. The van der Waals surface area contributed by atoms with Gasteiger partial charge in [0.1, 0.15) is 0 Å². The first-order valence-electron chi connectivity index (χ1n) is 8.50. The number of halogens is 2. The van der Waals surface area contributed by atoms with Crippen LogP contribution in [-0.4, -0.2) is 22.1 Å². The maximum absolute atomic E-state index is 13.3. The molecule has 0 fully saturated rings. The lowest BCUT2D eigenvalue weighted by Gasteiger charge is -2.23. The number of para-hydroxylation sites is 1. The molecule has 0 saturated carbocycles. The third kappa shape index (κ3) is 3.23. The van der Waals surface area contributed by atoms with Crippen molar-refractivity contribution < 1.29 is 13.6 Å². The largest absolute Gasteiger partial charge is 0.321 e. The molecule has 0 saturated heterocycles. The Bertz CT molecular complexity index is 1010. The average Bonchev–Trinajstić information content (AvgIpc) is 3.00. The fourth-order valence-corrected chi connectivity index (χ4v) is 3.26. The molecule has 1 N–H and O–H groups in total. The van der Waals surface area contributed by atoms with Crippen molar-refractivity contribution in [1.29, 1.82) is 0 Å². The van der Waals surface area contributed by atoms with Gasteiger partial charge in [0, 0.05) is 17.3 Å². The number of hydrogen-bond donors (Lipinski definition) is 1. The fraction of sp³-hybridized carbons (Fsp3) is 0.150. The molecule has 1 aliphatic rings. The molecular formula is C20H16F2N4O. The van der Waals surface area contributed by atoms with Crippen LogP contribution >= 0.6 is 0 Å². The molecule has 5 nitrogen and oxygen atoms in total. The second-order valence-electron chi connectivity index (χ2n) is 6.41. The summed E-state index contributed by atoms with van der Waals surface area (Å²) in [6, 6.07) is 14.7. The Hall–Kier alpha value is -3.35. The monoisotopic (exact) mass is 366 g/mol. The Kier molecular flexibility index (Phi) is 4.27. The Morgan fingerprint density at radius 3 is 2.63 bits per heavy atom. The Morgan fingerprint density at radius 2 is 1.89 bits per heavy atom. The van der Waals surface area contributed by atoms with E-state index in [1.54, 1.807) is 12.1 Å². The van der Waals surface area contributed by atoms with Gasteiger partial charge in [0.2, 0.25) is 0 Å². The SMILES string of the molecule is CC1Cc2ccccc2N1c1ccc(NC(=O)c2ccc(F)c(F)c2)nn1. The number of fused-ring (bicyclic) bond motifs is 1. The van der Waals surface area contributed by atoms with E-state index in [0.717, 1.165) is 24.2 Å². The first kappa shape index (κ1) is 17.1. The Balaban J connectivity index is 1.53.